The Morgan fingerprint density at radius 3 is 2.12 bits per heavy atom. The highest BCUT2D eigenvalue weighted by Gasteiger charge is 2.49. The van der Waals surface area contributed by atoms with E-state index < -0.39 is 23.6 Å². The molecule has 7 nitrogen and oxygen atoms in total. The summed E-state index contributed by atoms with van der Waals surface area (Å²) < 4.78 is 0. The van der Waals surface area contributed by atoms with Crippen molar-refractivity contribution in [1.29, 1.82) is 0 Å². The SMILES string of the molecule is N[C@H](C(=O)O)C(Nc1ccccc1)(Nc1cccc(Cl)c1)C(=O)O. The molecule has 0 aliphatic carbocycles. The van der Waals surface area contributed by atoms with Crippen molar-refractivity contribution in [2.45, 2.75) is 11.7 Å². The van der Waals surface area contributed by atoms with Gasteiger partial charge in [0.1, 0.15) is 0 Å². The molecule has 2 atom stereocenters. The zero-order valence-corrected chi connectivity index (χ0v) is 13.2. The number of nitrogens with one attached hydrogen (secondary N) is 2. The molecule has 8 heteroatoms. The van der Waals surface area contributed by atoms with Gasteiger partial charge in [0.05, 0.1) is 0 Å². The Bertz CT molecular complexity index is 741. The number of carboxylic acids is 2. The van der Waals surface area contributed by atoms with Gasteiger partial charge in [-0.3, -0.25) is 4.79 Å². The minimum atomic E-state index is -2.18. The van der Waals surface area contributed by atoms with Crippen molar-refractivity contribution in [2.24, 2.45) is 5.73 Å². The molecule has 1 unspecified atom stereocenters. The van der Waals surface area contributed by atoms with Crippen LogP contribution in [0, 0.1) is 0 Å². The lowest BCUT2D eigenvalue weighted by atomic mass is 9.99. The highest BCUT2D eigenvalue weighted by atomic mass is 35.5. The summed E-state index contributed by atoms with van der Waals surface area (Å²) >= 11 is 5.90. The number of anilines is 2. The molecule has 0 aliphatic rings. The fourth-order valence-corrected chi connectivity index (χ4v) is 2.35. The molecule has 6 N–H and O–H groups in total. The second kappa shape index (κ2) is 7.20. The van der Waals surface area contributed by atoms with Crippen LogP contribution in [0.2, 0.25) is 5.02 Å². The fraction of sp³-hybridized carbons (Fsp3) is 0.125. The third-order valence-electron chi connectivity index (χ3n) is 3.35. The quantitative estimate of drug-likeness (QED) is 0.484. The van der Waals surface area contributed by atoms with Crippen molar-refractivity contribution in [3.8, 4) is 0 Å². The van der Waals surface area contributed by atoms with Crippen LogP contribution in [0.1, 0.15) is 0 Å². The van der Waals surface area contributed by atoms with E-state index in [1.54, 1.807) is 48.5 Å². The van der Waals surface area contributed by atoms with Gasteiger partial charge in [0.2, 0.25) is 5.66 Å². The monoisotopic (exact) mass is 349 g/mol. The molecule has 0 spiro atoms. The van der Waals surface area contributed by atoms with Gasteiger partial charge in [-0.1, -0.05) is 35.9 Å². The normalized spacial score (nSPS) is 14.2. The van der Waals surface area contributed by atoms with Crippen LogP contribution in [0.3, 0.4) is 0 Å². The van der Waals surface area contributed by atoms with E-state index in [2.05, 4.69) is 10.6 Å². The van der Waals surface area contributed by atoms with E-state index in [0.29, 0.717) is 16.4 Å². The second-order valence-electron chi connectivity index (χ2n) is 5.06. The maximum atomic E-state index is 12.0. The highest BCUT2D eigenvalue weighted by molar-refractivity contribution is 6.30. The molecule has 0 aliphatic heterocycles. The smallest absolute Gasteiger partial charge is 0.352 e. The largest absolute Gasteiger partial charge is 0.480 e. The van der Waals surface area contributed by atoms with E-state index in [-0.39, 0.29) is 0 Å². The maximum absolute atomic E-state index is 12.0. The van der Waals surface area contributed by atoms with Crippen LogP contribution in [0.15, 0.2) is 54.6 Å². The van der Waals surface area contributed by atoms with Crippen LogP contribution in [0.25, 0.3) is 0 Å². The third kappa shape index (κ3) is 3.76. The second-order valence-corrected chi connectivity index (χ2v) is 5.49. The van der Waals surface area contributed by atoms with Crippen LogP contribution < -0.4 is 16.4 Å². The fourth-order valence-electron chi connectivity index (χ4n) is 2.15. The number of hydrogen-bond acceptors (Lipinski definition) is 5. The number of aliphatic carboxylic acids is 2. The molecule has 0 saturated heterocycles. The predicted molar refractivity (Wildman–Crippen MR) is 91.1 cm³/mol. The summed E-state index contributed by atoms with van der Waals surface area (Å²) in [6.07, 6.45) is 0. The summed E-state index contributed by atoms with van der Waals surface area (Å²) in [5.74, 6) is -2.95. The van der Waals surface area contributed by atoms with Crippen LogP contribution in [-0.4, -0.2) is 33.9 Å². The van der Waals surface area contributed by atoms with Crippen molar-refractivity contribution in [3.05, 3.63) is 59.6 Å². The first-order valence-electron chi connectivity index (χ1n) is 6.94. The maximum Gasteiger partial charge on any atom is 0.352 e. The zero-order chi connectivity index (χ0) is 17.7. The molecule has 2 aromatic rings. The third-order valence-corrected chi connectivity index (χ3v) is 3.59. The summed E-state index contributed by atoms with van der Waals surface area (Å²) in [5.41, 5.74) is 4.21. The number of nitrogens with two attached hydrogens (primary N) is 1. The van der Waals surface area contributed by atoms with E-state index in [1.165, 1.54) is 6.07 Å². The number of carbonyl (C=O) groups is 2. The van der Waals surface area contributed by atoms with Crippen molar-refractivity contribution in [2.75, 3.05) is 10.6 Å². The van der Waals surface area contributed by atoms with E-state index in [1.807, 2.05) is 0 Å². The van der Waals surface area contributed by atoms with Crippen molar-refractivity contribution in [1.82, 2.24) is 0 Å². The molecular weight excluding hydrogens is 334 g/mol. The lowest BCUT2D eigenvalue weighted by Crippen LogP contribution is -2.67. The Morgan fingerprint density at radius 2 is 1.58 bits per heavy atom. The molecule has 0 radical (unpaired) electrons. The van der Waals surface area contributed by atoms with Gasteiger partial charge in [-0.15, -0.1) is 0 Å². The van der Waals surface area contributed by atoms with E-state index in [0.717, 1.165) is 0 Å². The molecule has 0 aromatic heterocycles. The van der Waals surface area contributed by atoms with Crippen LogP contribution in [0.5, 0.6) is 0 Å². The van der Waals surface area contributed by atoms with Gasteiger partial charge in [-0.2, -0.15) is 0 Å². The first-order valence-corrected chi connectivity index (χ1v) is 7.32. The van der Waals surface area contributed by atoms with Crippen molar-refractivity contribution < 1.29 is 19.8 Å². The Kier molecular flexibility index (Phi) is 5.28. The molecule has 126 valence electrons. The lowest BCUT2D eigenvalue weighted by Gasteiger charge is -2.36. The summed E-state index contributed by atoms with van der Waals surface area (Å²) in [5, 5.41) is 24.7. The van der Waals surface area contributed by atoms with Crippen LogP contribution in [-0.2, 0) is 9.59 Å². The van der Waals surface area contributed by atoms with Gasteiger partial charge in [-0.25, -0.2) is 4.79 Å². The lowest BCUT2D eigenvalue weighted by molar-refractivity contribution is -0.149. The van der Waals surface area contributed by atoms with Crippen LogP contribution in [0.4, 0.5) is 11.4 Å². The first-order chi connectivity index (χ1) is 11.3. The number of para-hydroxylation sites is 1. The summed E-state index contributed by atoms with van der Waals surface area (Å²) in [6, 6.07) is 12.8. The summed E-state index contributed by atoms with van der Waals surface area (Å²) in [4.78, 5) is 23.4. The van der Waals surface area contributed by atoms with Gasteiger partial charge in [0.25, 0.3) is 0 Å². The number of rotatable bonds is 7. The van der Waals surface area contributed by atoms with Gasteiger partial charge >= 0.3 is 11.9 Å². The van der Waals surface area contributed by atoms with Crippen LogP contribution >= 0.6 is 11.6 Å². The Labute approximate surface area is 143 Å². The molecule has 0 bridgehead atoms. The number of benzene rings is 2. The minimum Gasteiger partial charge on any atom is -0.480 e. The standard InChI is InChI=1S/C16H16ClN3O4/c17-10-5-4-8-12(9-10)20-16(15(23)24,13(18)14(21)22)19-11-6-2-1-3-7-11/h1-9,13,19-20H,18H2,(H,21,22)(H,23,24)/t13-,16?/m1/s1. The zero-order valence-electron chi connectivity index (χ0n) is 12.4. The molecule has 0 amide bonds. The molecule has 24 heavy (non-hydrogen) atoms. The number of carboxylic acid groups (broad SMARTS) is 2. The summed E-state index contributed by atoms with van der Waals surface area (Å²) in [7, 11) is 0. The number of halogens is 1. The van der Waals surface area contributed by atoms with E-state index in [9.17, 15) is 19.8 Å². The molecule has 0 heterocycles. The average Bonchev–Trinajstić information content (AvgIpc) is 2.54. The Morgan fingerprint density at radius 1 is 1.00 bits per heavy atom. The molecule has 2 aromatic carbocycles. The van der Waals surface area contributed by atoms with E-state index >= 15 is 0 Å². The number of hydrogen-bond donors (Lipinski definition) is 5. The van der Waals surface area contributed by atoms with Gasteiger partial charge < -0.3 is 26.6 Å². The van der Waals surface area contributed by atoms with Gasteiger partial charge in [-0.05, 0) is 30.3 Å². The molecular formula is C16H16ClN3O4. The Hall–Kier alpha value is -2.77. The molecule has 0 fully saturated rings. The first kappa shape index (κ1) is 17.6. The predicted octanol–water partition coefficient (Wildman–Crippen LogP) is 2.06. The van der Waals surface area contributed by atoms with Crippen molar-refractivity contribution >= 4 is 34.9 Å². The van der Waals surface area contributed by atoms with Gasteiger partial charge in [0.15, 0.2) is 6.04 Å². The van der Waals surface area contributed by atoms with E-state index in [4.69, 9.17) is 17.3 Å². The highest BCUT2D eigenvalue weighted by Crippen LogP contribution is 2.24. The minimum absolute atomic E-state index is 0.310. The van der Waals surface area contributed by atoms with Gasteiger partial charge in [0, 0.05) is 16.4 Å². The topological polar surface area (TPSA) is 125 Å². The molecule has 0 saturated carbocycles. The molecule has 2 rings (SSSR count). The van der Waals surface area contributed by atoms with Crippen molar-refractivity contribution in [3.63, 3.8) is 0 Å². The Balaban J connectivity index is 2.49. The summed E-state index contributed by atoms with van der Waals surface area (Å²) in [6.45, 7) is 0. The average molecular weight is 350 g/mol.